The van der Waals surface area contributed by atoms with Crippen molar-refractivity contribution in [3.05, 3.63) is 118 Å². The predicted molar refractivity (Wildman–Crippen MR) is 248 cm³/mol. The highest BCUT2D eigenvalue weighted by molar-refractivity contribution is 7.90. The third-order valence-corrected chi connectivity index (χ3v) is 14.0. The van der Waals surface area contributed by atoms with Gasteiger partial charge in [-0.2, -0.15) is 0 Å². The number of sulfonamides is 1. The number of anilines is 2. The van der Waals surface area contributed by atoms with Gasteiger partial charge < -0.3 is 29.6 Å². The number of nitro benzene ring substituents is 1. The van der Waals surface area contributed by atoms with Crippen LogP contribution < -0.4 is 24.4 Å². The minimum absolute atomic E-state index is 0.00231. The Balaban J connectivity index is 0.991. The fraction of sp³-hybridized carbons (Fsp3) is 0.396. The Kier molecular flexibility index (Phi) is 13.1. The summed E-state index contributed by atoms with van der Waals surface area (Å²) in [5, 5.41) is 16.0. The quantitative estimate of drug-likeness (QED) is 0.0494. The predicted octanol–water partition coefficient (Wildman–Crippen LogP) is 8.68. The number of methoxy groups -OCH3 is 1. The average Bonchev–Trinajstić information content (AvgIpc) is 3.99. The number of ether oxygens (including phenoxy) is 2. The van der Waals surface area contributed by atoms with Crippen molar-refractivity contribution in [2.75, 3.05) is 76.2 Å². The second kappa shape index (κ2) is 18.8. The van der Waals surface area contributed by atoms with Gasteiger partial charge in [-0.1, -0.05) is 37.6 Å². The number of nitrogens with zero attached hydrogens (tertiary/aromatic N) is 4. The molecule has 0 atom stereocenters. The maximum atomic E-state index is 14.0. The highest BCUT2D eigenvalue weighted by Crippen LogP contribution is 2.44. The number of amides is 1. The zero-order valence-electron chi connectivity index (χ0n) is 36.3. The summed E-state index contributed by atoms with van der Waals surface area (Å²) in [6.07, 6.45) is 8.17. The van der Waals surface area contributed by atoms with Crippen molar-refractivity contribution in [1.29, 1.82) is 0 Å². The molecule has 0 saturated carbocycles. The number of fused-ring (bicyclic) bond motifs is 1. The number of benzene rings is 4. The van der Waals surface area contributed by atoms with Crippen molar-refractivity contribution in [3.63, 3.8) is 0 Å². The van der Waals surface area contributed by atoms with Gasteiger partial charge in [-0.3, -0.25) is 19.8 Å². The summed E-state index contributed by atoms with van der Waals surface area (Å²) >= 11 is 0. The summed E-state index contributed by atoms with van der Waals surface area (Å²) in [5.41, 5.74) is 5.89. The number of hydrogen-bond donors (Lipinski definition) is 3. The van der Waals surface area contributed by atoms with Crippen molar-refractivity contribution in [2.24, 2.45) is 5.41 Å². The molecule has 0 radical (unpaired) electrons. The Labute approximate surface area is 369 Å². The van der Waals surface area contributed by atoms with Crippen LogP contribution in [0.25, 0.3) is 16.5 Å². The van der Waals surface area contributed by atoms with Crippen LogP contribution in [-0.2, 0) is 10.0 Å². The molecule has 15 heteroatoms. The van der Waals surface area contributed by atoms with Gasteiger partial charge in [-0.25, -0.2) is 13.1 Å². The molecule has 3 heterocycles. The average molecular weight is 876 g/mol. The molecule has 3 N–H and O–H groups in total. The summed E-state index contributed by atoms with van der Waals surface area (Å²) < 4.78 is 41.5. The fourth-order valence-corrected chi connectivity index (χ4v) is 10.0. The molecule has 63 heavy (non-hydrogen) atoms. The minimum atomic E-state index is -4.54. The zero-order valence-corrected chi connectivity index (χ0v) is 37.1. The summed E-state index contributed by atoms with van der Waals surface area (Å²) in [4.78, 5) is 35.4. The van der Waals surface area contributed by atoms with Crippen LogP contribution >= 0.6 is 0 Å². The number of aromatic amines is 1. The number of carbonyl (C=O) groups excluding carboxylic acids is 1. The second-order valence-corrected chi connectivity index (χ2v) is 19.3. The van der Waals surface area contributed by atoms with Gasteiger partial charge in [0.2, 0.25) is 0 Å². The molecule has 332 valence electrons. The van der Waals surface area contributed by atoms with Crippen molar-refractivity contribution in [3.8, 4) is 17.2 Å². The zero-order chi connectivity index (χ0) is 44.1. The van der Waals surface area contributed by atoms with Gasteiger partial charge in [0.25, 0.3) is 21.6 Å². The highest BCUT2D eigenvalue weighted by Gasteiger charge is 2.30. The van der Waals surface area contributed by atoms with Crippen LogP contribution in [-0.4, -0.2) is 100 Å². The van der Waals surface area contributed by atoms with E-state index in [0.29, 0.717) is 12.3 Å². The van der Waals surface area contributed by atoms with E-state index in [-0.39, 0.29) is 22.4 Å². The van der Waals surface area contributed by atoms with Gasteiger partial charge in [0, 0.05) is 74.2 Å². The monoisotopic (exact) mass is 875 g/mol. The number of aromatic nitrogens is 1. The molecule has 0 spiro atoms. The minimum Gasteiger partial charge on any atom is -0.497 e. The lowest BCUT2D eigenvalue weighted by Gasteiger charge is -2.39. The summed E-state index contributed by atoms with van der Waals surface area (Å²) in [6, 6.07) is 24.6. The number of hydrogen-bond acceptors (Lipinski definition) is 11. The van der Waals surface area contributed by atoms with E-state index in [1.54, 1.807) is 31.5 Å². The number of likely N-dealkylation sites (tertiary alicyclic amines) is 1. The molecule has 3 aliphatic rings. The summed E-state index contributed by atoms with van der Waals surface area (Å²) in [7, 11) is -2.85. The number of nitro groups is 1. The number of carbonyl (C=O) groups is 1. The summed E-state index contributed by atoms with van der Waals surface area (Å²) in [6.45, 7) is 12.2. The Morgan fingerprint density at radius 3 is 2.43 bits per heavy atom. The third-order valence-electron chi connectivity index (χ3n) is 12.6. The lowest BCUT2D eigenvalue weighted by atomic mass is 9.72. The highest BCUT2D eigenvalue weighted by atomic mass is 32.2. The molecule has 1 amide bonds. The van der Waals surface area contributed by atoms with Crippen LogP contribution in [0.1, 0.15) is 68.3 Å². The third kappa shape index (κ3) is 10.3. The first-order chi connectivity index (χ1) is 30.4. The maximum absolute atomic E-state index is 14.0. The van der Waals surface area contributed by atoms with Gasteiger partial charge in [0.15, 0.2) is 0 Å². The Bertz CT molecular complexity index is 2590. The second-order valence-electron chi connectivity index (χ2n) is 17.6. The molecule has 5 aromatic rings. The first kappa shape index (κ1) is 43.7. The van der Waals surface area contributed by atoms with Gasteiger partial charge in [0.1, 0.15) is 22.9 Å². The number of nitrogens with one attached hydrogen (secondary N) is 3. The Hall–Kier alpha value is -5.90. The first-order valence-electron chi connectivity index (χ1n) is 21.9. The van der Waals surface area contributed by atoms with E-state index >= 15 is 0 Å². The van der Waals surface area contributed by atoms with Gasteiger partial charge in [-0.05, 0) is 129 Å². The van der Waals surface area contributed by atoms with E-state index in [1.807, 2.05) is 36.4 Å². The standard InChI is InChI=1S/C48H57N7O7S/c1-48(2)20-18-35(41(32-48)34-10-13-37(61-3)14-11-34)33-53-26-28-54(29-27-53)36-12-16-40(46(30-36)62-45-9-6-8-42-39(45)19-22-50-42)47(56)51-63(59,60)38-15-17-43(44(31-38)55(57)58)49-21-7-25-52-23-4-5-24-52/h6,8-17,19,22,30-31,49-50H,4-5,7,18,20-21,23-29,32-33H2,1-3H3,(H,51,56). The molecule has 2 aliphatic heterocycles. The number of H-pyrrole nitrogens is 1. The number of rotatable bonds is 16. The van der Waals surface area contributed by atoms with E-state index in [9.17, 15) is 23.3 Å². The molecule has 2 saturated heterocycles. The van der Waals surface area contributed by atoms with E-state index in [1.165, 1.54) is 41.7 Å². The molecule has 4 aromatic carbocycles. The molecule has 14 nitrogen and oxygen atoms in total. The molecule has 0 unspecified atom stereocenters. The molecule has 2 fully saturated rings. The molecule has 1 aliphatic carbocycles. The van der Waals surface area contributed by atoms with Crippen molar-refractivity contribution >= 4 is 49.5 Å². The van der Waals surface area contributed by atoms with Crippen LogP contribution in [0.2, 0.25) is 0 Å². The van der Waals surface area contributed by atoms with Crippen LogP contribution in [0, 0.1) is 15.5 Å². The maximum Gasteiger partial charge on any atom is 0.293 e. The molecular formula is C48H57N7O7S. The fourth-order valence-electron chi connectivity index (χ4n) is 9.03. The van der Waals surface area contributed by atoms with E-state index in [4.69, 9.17) is 9.47 Å². The lowest BCUT2D eigenvalue weighted by Crippen LogP contribution is -2.47. The van der Waals surface area contributed by atoms with E-state index in [0.717, 1.165) is 106 Å². The molecule has 1 aromatic heterocycles. The largest absolute Gasteiger partial charge is 0.497 e. The summed E-state index contributed by atoms with van der Waals surface area (Å²) in [5.74, 6) is 0.589. The first-order valence-corrected chi connectivity index (χ1v) is 23.4. The van der Waals surface area contributed by atoms with Gasteiger partial charge in [0.05, 0.1) is 22.5 Å². The van der Waals surface area contributed by atoms with Gasteiger partial charge in [-0.15, -0.1) is 0 Å². The molecular weight excluding hydrogens is 819 g/mol. The van der Waals surface area contributed by atoms with Crippen LogP contribution in [0.3, 0.4) is 0 Å². The SMILES string of the molecule is COc1ccc(C2=C(CN3CCN(c4ccc(C(=O)NS(=O)(=O)c5ccc(NCCCN6CCCC6)c([N+](=O)[O-])c5)c(Oc5cccc6[nH]ccc56)c4)CC3)CCC(C)(C)C2)cc1. The van der Waals surface area contributed by atoms with Crippen molar-refractivity contribution in [1.82, 2.24) is 19.5 Å². The van der Waals surface area contributed by atoms with Crippen molar-refractivity contribution < 1.29 is 27.6 Å². The van der Waals surface area contributed by atoms with Crippen molar-refractivity contribution in [2.45, 2.75) is 57.3 Å². The smallest absolute Gasteiger partial charge is 0.293 e. The topological polar surface area (TPSA) is 162 Å². The normalized spacial score (nSPS) is 17.2. The van der Waals surface area contributed by atoms with E-state index in [2.05, 4.69) is 55.7 Å². The van der Waals surface area contributed by atoms with Gasteiger partial charge >= 0.3 is 0 Å². The lowest BCUT2D eigenvalue weighted by molar-refractivity contribution is -0.384. The van der Waals surface area contributed by atoms with Crippen LogP contribution in [0.15, 0.2) is 102 Å². The van der Waals surface area contributed by atoms with Crippen LogP contribution in [0.4, 0.5) is 17.1 Å². The molecule has 8 rings (SSSR count). The number of allylic oxidation sites excluding steroid dienone is 1. The Morgan fingerprint density at radius 2 is 1.68 bits per heavy atom. The molecule has 0 bridgehead atoms. The number of piperazine rings is 1. The Morgan fingerprint density at radius 1 is 0.905 bits per heavy atom. The van der Waals surface area contributed by atoms with E-state index < -0.39 is 31.4 Å². The van der Waals surface area contributed by atoms with Crippen LogP contribution in [0.5, 0.6) is 17.2 Å².